The summed E-state index contributed by atoms with van der Waals surface area (Å²) in [4.78, 5) is 10.4. The minimum absolute atomic E-state index is 0.274. The van der Waals surface area contributed by atoms with Gasteiger partial charge in [-0.1, -0.05) is 32.3 Å². The summed E-state index contributed by atoms with van der Waals surface area (Å²) in [7, 11) is 0. The van der Waals surface area contributed by atoms with E-state index in [0.29, 0.717) is 18.5 Å². The Morgan fingerprint density at radius 2 is 2.07 bits per heavy atom. The predicted octanol–water partition coefficient (Wildman–Crippen LogP) is 4.08. The molecule has 0 aromatic heterocycles. The molecule has 0 fully saturated rings. The fourth-order valence-corrected chi connectivity index (χ4v) is 1.36. The molecule has 0 aliphatic heterocycles. The van der Waals surface area contributed by atoms with Gasteiger partial charge in [0, 0.05) is 6.42 Å². The number of allylic oxidation sites excluding steroid dienone is 3. The highest BCUT2D eigenvalue weighted by Crippen LogP contribution is 2.10. The maximum absolute atomic E-state index is 10.6. The van der Waals surface area contributed by atoms with Crippen molar-refractivity contribution in [2.75, 3.05) is 0 Å². The Hall–Kier alpha value is -1.12. The molecule has 0 heterocycles. The molecule has 86 valence electrons. The van der Waals surface area contributed by atoms with Crippen LogP contribution in [0.25, 0.3) is 0 Å². The molecule has 0 aliphatic rings. The van der Waals surface area contributed by atoms with Crippen LogP contribution >= 0.6 is 0 Å². The first kappa shape index (κ1) is 13.9. The molecule has 0 aromatic rings. The quantitative estimate of drug-likeness (QED) is 0.249. The van der Waals surface area contributed by atoms with Gasteiger partial charge < -0.3 is 0 Å². The zero-order valence-corrected chi connectivity index (χ0v) is 9.58. The van der Waals surface area contributed by atoms with E-state index in [0.717, 1.165) is 12.8 Å². The van der Waals surface area contributed by atoms with Crippen LogP contribution in [0.4, 0.5) is 0 Å². The minimum atomic E-state index is -0.274. The average molecular weight is 211 g/mol. The van der Waals surface area contributed by atoms with Crippen LogP contribution in [0.1, 0.15) is 51.9 Å². The van der Waals surface area contributed by atoms with Gasteiger partial charge in [0.15, 0.2) is 0 Å². The molecule has 0 atom stereocenters. The summed E-state index contributed by atoms with van der Waals surface area (Å²) in [6, 6.07) is 0. The molecule has 0 bridgehead atoms. The summed E-state index contributed by atoms with van der Waals surface area (Å²) in [6.07, 6.45) is 10.1. The second-order valence-corrected chi connectivity index (χ2v) is 3.63. The molecular formula is C12H21NO2. The van der Waals surface area contributed by atoms with Crippen molar-refractivity contribution in [2.24, 2.45) is 0 Å². The summed E-state index contributed by atoms with van der Waals surface area (Å²) in [6.45, 7) is 5.72. The maximum atomic E-state index is 10.6. The lowest BCUT2D eigenvalue weighted by Gasteiger charge is -1.97. The molecule has 0 spiro atoms. The van der Waals surface area contributed by atoms with Gasteiger partial charge in [-0.15, -0.1) is 6.58 Å². The molecule has 0 saturated heterocycles. The fraction of sp³-hybridized carbons (Fsp3) is 0.667. The van der Waals surface area contributed by atoms with E-state index in [9.17, 15) is 10.1 Å². The normalized spacial score (nSPS) is 11.4. The second-order valence-electron chi connectivity index (χ2n) is 3.63. The van der Waals surface area contributed by atoms with E-state index in [1.54, 1.807) is 12.2 Å². The predicted molar refractivity (Wildman–Crippen MR) is 63.3 cm³/mol. The van der Waals surface area contributed by atoms with Gasteiger partial charge >= 0.3 is 0 Å². The third-order valence-corrected chi connectivity index (χ3v) is 2.28. The summed E-state index contributed by atoms with van der Waals surface area (Å²) in [5.74, 6) is 0. The molecule has 15 heavy (non-hydrogen) atoms. The highest BCUT2D eigenvalue weighted by Gasteiger charge is 2.07. The first-order chi connectivity index (χ1) is 7.22. The molecule has 0 amide bonds. The lowest BCUT2D eigenvalue weighted by atomic mass is 10.1. The monoisotopic (exact) mass is 211 g/mol. The van der Waals surface area contributed by atoms with Crippen molar-refractivity contribution in [1.29, 1.82) is 0 Å². The smallest absolute Gasteiger partial charge is 0.242 e. The lowest BCUT2D eigenvalue weighted by molar-refractivity contribution is -0.428. The Labute approximate surface area is 92.0 Å². The van der Waals surface area contributed by atoms with E-state index in [-0.39, 0.29) is 4.92 Å². The zero-order chi connectivity index (χ0) is 11.5. The highest BCUT2D eigenvalue weighted by atomic mass is 16.6. The number of hydrogen-bond acceptors (Lipinski definition) is 2. The van der Waals surface area contributed by atoms with Crippen LogP contribution in [-0.4, -0.2) is 4.92 Å². The van der Waals surface area contributed by atoms with E-state index < -0.39 is 0 Å². The first-order valence-corrected chi connectivity index (χ1v) is 5.66. The van der Waals surface area contributed by atoms with Crippen molar-refractivity contribution in [3.8, 4) is 0 Å². The highest BCUT2D eigenvalue weighted by molar-refractivity contribution is 4.93. The van der Waals surface area contributed by atoms with E-state index in [4.69, 9.17) is 0 Å². The lowest BCUT2D eigenvalue weighted by Crippen LogP contribution is -1.98. The number of hydrogen-bond donors (Lipinski definition) is 0. The van der Waals surface area contributed by atoms with Gasteiger partial charge in [-0.25, -0.2) is 0 Å². The molecule has 3 heteroatoms. The number of nitro groups is 1. The van der Waals surface area contributed by atoms with Crippen molar-refractivity contribution in [3.05, 3.63) is 34.5 Å². The van der Waals surface area contributed by atoms with Gasteiger partial charge in [-0.2, -0.15) is 0 Å². The van der Waals surface area contributed by atoms with Crippen LogP contribution in [0.15, 0.2) is 24.4 Å². The number of nitrogens with zero attached hydrogens (tertiary/aromatic N) is 1. The van der Waals surface area contributed by atoms with Crippen LogP contribution in [-0.2, 0) is 0 Å². The van der Waals surface area contributed by atoms with E-state index >= 15 is 0 Å². The van der Waals surface area contributed by atoms with Crippen molar-refractivity contribution in [2.45, 2.75) is 51.9 Å². The van der Waals surface area contributed by atoms with Crippen molar-refractivity contribution >= 4 is 0 Å². The topological polar surface area (TPSA) is 43.1 Å². The summed E-state index contributed by atoms with van der Waals surface area (Å²) >= 11 is 0. The SMILES string of the molecule is C=CCC/C(=C\CCCCCC)[N+](=O)[O-]. The molecule has 0 saturated carbocycles. The van der Waals surface area contributed by atoms with Gasteiger partial charge in [0.05, 0.1) is 4.92 Å². The molecule has 0 aromatic carbocycles. The molecule has 0 radical (unpaired) electrons. The fourth-order valence-electron chi connectivity index (χ4n) is 1.36. The Kier molecular flexibility index (Phi) is 8.73. The molecule has 0 aliphatic carbocycles. The maximum Gasteiger partial charge on any atom is 0.242 e. The van der Waals surface area contributed by atoms with E-state index in [2.05, 4.69) is 13.5 Å². The van der Waals surface area contributed by atoms with E-state index in [1.807, 2.05) is 0 Å². The van der Waals surface area contributed by atoms with Gasteiger partial charge in [0.2, 0.25) is 5.70 Å². The van der Waals surface area contributed by atoms with Crippen LogP contribution in [0.2, 0.25) is 0 Å². The van der Waals surface area contributed by atoms with Crippen LogP contribution < -0.4 is 0 Å². The third-order valence-electron chi connectivity index (χ3n) is 2.28. The average Bonchev–Trinajstić information content (AvgIpc) is 2.21. The van der Waals surface area contributed by atoms with Crippen molar-refractivity contribution in [3.63, 3.8) is 0 Å². The number of unbranched alkanes of at least 4 members (excludes halogenated alkanes) is 4. The summed E-state index contributed by atoms with van der Waals surface area (Å²) in [5.41, 5.74) is 0.339. The summed E-state index contributed by atoms with van der Waals surface area (Å²) in [5, 5.41) is 10.6. The minimum Gasteiger partial charge on any atom is -0.259 e. The Morgan fingerprint density at radius 3 is 2.60 bits per heavy atom. The Bertz CT molecular complexity index is 222. The Morgan fingerprint density at radius 1 is 1.33 bits per heavy atom. The molecule has 0 rings (SSSR count). The van der Waals surface area contributed by atoms with Gasteiger partial charge in [0.25, 0.3) is 0 Å². The van der Waals surface area contributed by atoms with Crippen LogP contribution in [0.5, 0.6) is 0 Å². The van der Waals surface area contributed by atoms with Gasteiger partial charge in [-0.3, -0.25) is 10.1 Å². The van der Waals surface area contributed by atoms with Crippen LogP contribution in [0.3, 0.4) is 0 Å². The summed E-state index contributed by atoms with van der Waals surface area (Å²) < 4.78 is 0. The van der Waals surface area contributed by atoms with E-state index in [1.165, 1.54) is 19.3 Å². The largest absolute Gasteiger partial charge is 0.259 e. The molecular weight excluding hydrogens is 190 g/mol. The second kappa shape index (κ2) is 9.44. The third kappa shape index (κ3) is 7.91. The molecule has 3 nitrogen and oxygen atoms in total. The van der Waals surface area contributed by atoms with Crippen LogP contribution in [0, 0.1) is 10.1 Å². The standard InChI is InChI=1S/C12H21NO2/c1-3-5-7-8-9-11-12(13(14)15)10-6-4-2/h4,11H,2-3,5-10H2,1H3/b12-11+. The molecule has 0 unspecified atom stereocenters. The van der Waals surface area contributed by atoms with Crippen molar-refractivity contribution < 1.29 is 4.92 Å². The first-order valence-electron chi connectivity index (χ1n) is 5.66. The Balaban J connectivity index is 3.84. The van der Waals surface area contributed by atoms with Gasteiger partial charge in [0.1, 0.15) is 0 Å². The molecule has 0 N–H and O–H groups in total. The van der Waals surface area contributed by atoms with Gasteiger partial charge in [-0.05, 0) is 25.3 Å². The zero-order valence-electron chi connectivity index (χ0n) is 9.58. The van der Waals surface area contributed by atoms with Crippen molar-refractivity contribution in [1.82, 2.24) is 0 Å². The number of rotatable bonds is 9.